The quantitative estimate of drug-likeness (QED) is 0.746. The molecule has 0 amide bonds. The van der Waals surface area contributed by atoms with Gasteiger partial charge in [-0.15, -0.1) is 0 Å². The topological polar surface area (TPSA) is 73.7 Å². The number of hydrogen-bond acceptors (Lipinski definition) is 5. The molecule has 1 saturated heterocycles. The van der Waals surface area contributed by atoms with Gasteiger partial charge in [0, 0.05) is 47.9 Å². The van der Waals surface area contributed by atoms with Gasteiger partial charge in [0.2, 0.25) is 0 Å². The zero-order chi connectivity index (χ0) is 18.5. The van der Waals surface area contributed by atoms with Crippen molar-refractivity contribution < 1.29 is 9.76 Å². The molecule has 0 aromatic carbocycles. The van der Waals surface area contributed by atoms with Crippen molar-refractivity contribution in [2.24, 2.45) is 28.8 Å². The summed E-state index contributed by atoms with van der Waals surface area (Å²) in [5, 5.41) is 17.5. The van der Waals surface area contributed by atoms with E-state index in [1.54, 1.807) is 0 Å². The van der Waals surface area contributed by atoms with Gasteiger partial charge >= 0.3 is 7.05 Å². The lowest BCUT2D eigenvalue weighted by Crippen LogP contribution is -2.61. The maximum atomic E-state index is 11.1. The highest BCUT2D eigenvalue weighted by Crippen LogP contribution is 2.59. The van der Waals surface area contributed by atoms with Gasteiger partial charge in [0.1, 0.15) is 5.65 Å². The minimum Gasteiger partial charge on any atom is -0.412 e. The first-order valence-corrected chi connectivity index (χ1v) is 10.8. The fourth-order valence-electron chi connectivity index (χ4n) is 7.32. The zero-order valence-corrected chi connectivity index (χ0v) is 16.0. The van der Waals surface area contributed by atoms with E-state index in [0.29, 0.717) is 23.7 Å². The monoisotopic (exact) mass is 376 g/mol. The molecule has 5 fully saturated rings. The number of aromatic amines is 1. The first kappa shape index (κ1) is 16.0. The van der Waals surface area contributed by atoms with Crippen LogP contribution in [0, 0.1) is 23.7 Å². The molecule has 4 bridgehead atoms. The third-order valence-electron chi connectivity index (χ3n) is 8.01. The molecule has 144 valence electrons. The summed E-state index contributed by atoms with van der Waals surface area (Å²) >= 11 is 0. The number of nitrogens with one attached hydrogen (secondary N) is 1. The Morgan fingerprint density at radius 1 is 1.25 bits per heavy atom. The molecule has 7 heteroatoms. The summed E-state index contributed by atoms with van der Waals surface area (Å²) in [5.41, 5.74) is 4.17. The summed E-state index contributed by atoms with van der Waals surface area (Å²) in [6.45, 7) is 1.72. The Morgan fingerprint density at radius 3 is 2.93 bits per heavy atom. The van der Waals surface area contributed by atoms with Crippen LogP contribution in [0.4, 0.5) is 0 Å². The van der Waals surface area contributed by atoms with E-state index in [1.165, 1.54) is 29.6 Å². The Morgan fingerprint density at radius 2 is 2.11 bits per heavy atom. The predicted molar refractivity (Wildman–Crippen MR) is 107 cm³/mol. The van der Waals surface area contributed by atoms with Gasteiger partial charge in [-0.1, -0.05) is 0 Å². The van der Waals surface area contributed by atoms with Crippen molar-refractivity contribution in [1.29, 1.82) is 0 Å². The minimum absolute atomic E-state index is 0.111. The molecule has 8 rings (SSSR count). The van der Waals surface area contributed by atoms with Crippen LogP contribution < -0.4 is 5.46 Å². The van der Waals surface area contributed by atoms with Crippen molar-refractivity contribution >= 4 is 29.3 Å². The first-order valence-electron chi connectivity index (χ1n) is 10.8. The highest BCUT2D eigenvalue weighted by molar-refractivity contribution is 6.67. The van der Waals surface area contributed by atoms with E-state index >= 15 is 0 Å². The van der Waals surface area contributed by atoms with Crippen LogP contribution in [-0.4, -0.2) is 51.5 Å². The van der Waals surface area contributed by atoms with Crippen LogP contribution in [0.5, 0.6) is 0 Å². The van der Waals surface area contributed by atoms with Crippen LogP contribution in [-0.2, 0) is 4.65 Å². The Labute approximate surface area is 164 Å². The van der Waals surface area contributed by atoms with E-state index in [4.69, 9.17) is 9.76 Å². The molecule has 2 N–H and O–H groups in total. The summed E-state index contributed by atoms with van der Waals surface area (Å²) < 4.78 is 6.13. The maximum Gasteiger partial charge on any atom is 0.471 e. The van der Waals surface area contributed by atoms with Crippen LogP contribution in [0.3, 0.4) is 0 Å². The highest BCUT2D eigenvalue weighted by atomic mass is 16.4. The second-order valence-corrected chi connectivity index (χ2v) is 9.77. The van der Waals surface area contributed by atoms with Crippen molar-refractivity contribution in [3.8, 4) is 0 Å². The number of H-pyrrole nitrogens is 1. The van der Waals surface area contributed by atoms with Crippen molar-refractivity contribution in [2.45, 2.75) is 44.1 Å². The van der Waals surface area contributed by atoms with E-state index in [9.17, 15) is 5.11 Å². The van der Waals surface area contributed by atoms with E-state index < -0.39 is 5.60 Å². The van der Waals surface area contributed by atoms with Crippen LogP contribution in [0.15, 0.2) is 23.6 Å². The van der Waals surface area contributed by atoms with Crippen molar-refractivity contribution in [3.05, 3.63) is 24.0 Å². The van der Waals surface area contributed by atoms with Gasteiger partial charge in [0.25, 0.3) is 0 Å². The minimum atomic E-state index is -0.413. The molecule has 5 atom stereocenters. The molecule has 2 aromatic heterocycles. The Hall–Kier alpha value is -1.86. The van der Waals surface area contributed by atoms with Crippen molar-refractivity contribution in [1.82, 2.24) is 14.9 Å². The lowest BCUT2D eigenvalue weighted by Gasteiger charge is -2.58. The van der Waals surface area contributed by atoms with Gasteiger partial charge in [0.05, 0.1) is 11.3 Å². The van der Waals surface area contributed by atoms with Crippen LogP contribution >= 0.6 is 0 Å². The molecule has 0 spiro atoms. The van der Waals surface area contributed by atoms with Gasteiger partial charge in [-0.25, -0.2) is 4.98 Å². The molecule has 4 heterocycles. The molecular weight excluding hydrogens is 351 g/mol. The van der Waals surface area contributed by atoms with Crippen LogP contribution in [0.1, 0.15) is 44.1 Å². The molecule has 4 saturated carbocycles. The summed E-state index contributed by atoms with van der Waals surface area (Å²) in [4.78, 5) is 10.1. The summed E-state index contributed by atoms with van der Waals surface area (Å²) in [6.07, 6.45) is 10.4. The second kappa shape index (κ2) is 5.39. The molecule has 4 aliphatic carbocycles. The number of pyridine rings is 1. The molecule has 0 radical (unpaired) electrons. The second-order valence-electron chi connectivity index (χ2n) is 9.77. The van der Waals surface area contributed by atoms with Crippen LogP contribution in [0.25, 0.3) is 11.0 Å². The van der Waals surface area contributed by atoms with Gasteiger partial charge in [-0.2, -0.15) is 5.10 Å². The van der Waals surface area contributed by atoms with E-state index in [2.05, 4.69) is 21.0 Å². The van der Waals surface area contributed by atoms with Gasteiger partial charge in [-0.05, 0) is 62.3 Å². The Kier molecular flexibility index (Phi) is 3.08. The van der Waals surface area contributed by atoms with Gasteiger partial charge in [-0.3, -0.25) is 0 Å². The number of aliphatic hydroxyl groups is 1. The fraction of sp³-hybridized carbons (Fsp3) is 0.619. The average Bonchev–Trinajstić information content (AvgIpc) is 3.15. The van der Waals surface area contributed by atoms with Gasteiger partial charge < -0.3 is 19.7 Å². The molecule has 6 aliphatic rings. The molecular formula is C21H25BN4O2. The number of aromatic nitrogens is 2. The lowest BCUT2D eigenvalue weighted by molar-refractivity contribution is -0.138. The van der Waals surface area contributed by atoms with Crippen LogP contribution in [0.2, 0.25) is 0 Å². The molecule has 2 aliphatic heterocycles. The SMILES string of the molecule is O[C@]12C[C@@H]3C[C@H](C1)[C@H](C1=NN4CCCOB4c4cnc5[nH]ccc5c41)[C@@H](C3)C2. The zero-order valence-electron chi connectivity index (χ0n) is 16.0. The normalized spacial score (nSPS) is 38.5. The van der Waals surface area contributed by atoms with Crippen molar-refractivity contribution in [2.75, 3.05) is 13.2 Å². The first-order chi connectivity index (χ1) is 13.7. The average molecular weight is 376 g/mol. The number of fused-ring (bicyclic) bond motifs is 5. The van der Waals surface area contributed by atoms with E-state index in [1.807, 2.05) is 12.4 Å². The third-order valence-corrected chi connectivity index (χ3v) is 8.01. The summed E-state index contributed by atoms with van der Waals surface area (Å²) in [7, 11) is -0.111. The number of nitrogens with zero attached hydrogens (tertiary/aromatic N) is 3. The maximum absolute atomic E-state index is 11.1. The van der Waals surface area contributed by atoms with E-state index in [-0.39, 0.29) is 7.05 Å². The summed E-state index contributed by atoms with van der Waals surface area (Å²) in [6, 6.07) is 2.14. The number of rotatable bonds is 1. The number of hydrogen-bond donors (Lipinski definition) is 2. The molecule has 0 unspecified atom stereocenters. The fourth-order valence-corrected chi connectivity index (χ4v) is 7.32. The lowest BCUT2D eigenvalue weighted by atomic mass is 9.48. The van der Waals surface area contributed by atoms with Gasteiger partial charge in [0.15, 0.2) is 0 Å². The molecule has 28 heavy (non-hydrogen) atoms. The molecule has 6 nitrogen and oxygen atoms in total. The van der Waals surface area contributed by atoms with E-state index in [0.717, 1.165) is 49.9 Å². The molecule has 2 aromatic rings. The smallest absolute Gasteiger partial charge is 0.412 e. The summed E-state index contributed by atoms with van der Waals surface area (Å²) in [5.74, 6) is 2.25. The predicted octanol–water partition coefficient (Wildman–Crippen LogP) is 1.89. The third kappa shape index (κ3) is 2.06. The Bertz CT molecular complexity index is 987. The largest absolute Gasteiger partial charge is 0.471 e. The highest BCUT2D eigenvalue weighted by Gasteiger charge is 2.57. The number of hydrazone groups is 1. The van der Waals surface area contributed by atoms with Crippen molar-refractivity contribution in [3.63, 3.8) is 0 Å². The standard InChI is InChI=1S/C21H25BN4O2/c27-21-8-12-6-13(9-21)17(14(7-12)10-21)19-18-15-2-3-23-20(15)24-11-16(18)22-26(25-19)4-1-5-28-22/h2-3,11-14,17,27H,1,4-10H2,(H,23,24)/t12-,13-,14+,17+,21-. The Balaban J connectivity index is 1.41.